The molecular weight excluding hydrogens is 526 g/mol. The normalized spacial score (nSPS) is 18.5. The lowest BCUT2D eigenvalue weighted by Gasteiger charge is -2.28. The number of carbonyl (C=O) groups excluding carboxylic acids is 1. The molecule has 1 aliphatic heterocycles. The minimum Gasteiger partial charge on any atom is -0.371 e. The first-order chi connectivity index (χ1) is 19.8. The molecule has 1 fully saturated rings. The smallest absolute Gasteiger partial charge is 0.261 e. The Labute approximate surface area is 237 Å². The molecule has 1 unspecified atom stereocenters. The lowest BCUT2D eigenvalue weighted by atomic mass is 9.93. The summed E-state index contributed by atoms with van der Waals surface area (Å²) in [5.41, 5.74) is 10.7. The lowest BCUT2D eigenvalue weighted by molar-refractivity contribution is 0.000135. The van der Waals surface area contributed by atoms with E-state index in [0.29, 0.717) is 37.8 Å². The molecule has 4 aromatic rings. The number of rotatable bonds is 9. The monoisotopic (exact) mass is 560 g/mol. The number of hydrogen-bond donors (Lipinski definition) is 2. The first-order valence-corrected chi connectivity index (χ1v) is 14.1. The molecule has 1 aliphatic carbocycles. The molecule has 3 N–H and O–H groups in total. The zero-order chi connectivity index (χ0) is 28.6. The maximum atomic E-state index is 13.7. The Morgan fingerprint density at radius 1 is 1.17 bits per heavy atom. The van der Waals surface area contributed by atoms with Gasteiger partial charge in [-0.25, -0.2) is 13.8 Å². The van der Waals surface area contributed by atoms with Crippen molar-refractivity contribution >= 4 is 22.6 Å². The van der Waals surface area contributed by atoms with E-state index in [4.69, 9.17) is 20.4 Å². The van der Waals surface area contributed by atoms with Gasteiger partial charge in [0.1, 0.15) is 11.9 Å². The number of aromatic nitrogens is 3. The van der Waals surface area contributed by atoms with Crippen molar-refractivity contribution in [3.05, 3.63) is 82.7 Å². The summed E-state index contributed by atoms with van der Waals surface area (Å²) < 4.78 is 35.6. The van der Waals surface area contributed by atoms with E-state index in [1.807, 2.05) is 41.8 Å². The zero-order valence-corrected chi connectivity index (χ0v) is 23.1. The van der Waals surface area contributed by atoms with Gasteiger partial charge in [0.25, 0.3) is 5.92 Å². The molecule has 0 bridgehead atoms. The second-order valence-electron chi connectivity index (χ2n) is 10.9. The van der Waals surface area contributed by atoms with Gasteiger partial charge < -0.3 is 15.8 Å². The van der Waals surface area contributed by atoms with Crippen LogP contribution in [0.3, 0.4) is 0 Å². The van der Waals surface area contributed by atoms with Gasteiger partial charge in [0.2, 0.25) is 11.9 Å². The summed E-state index contributed by atoms with van der Waals surface area (Å²) in [4.78, 5) is 23.9. The SMILES string of the molecule is Cc1cc2c(C(N)=O)cccc2n1-c1nc(NCc2ccccc2)c2c(n1)C(OCCN1CCC(F)(F)C1)CCC2. The van der Waals surface area contributed by atoms with Crippen LogP contribution < -0.4 is 11.1 Å². The van der Waals surface area contributed by atoms with Crippen LogP contribution in [0, 0.1) is 6.92 Å². The van der Waals surface area contributed by atoms with E-state index in [0.717, 1.165) is 58.5 Å². The molecule has 0 spiro atoms. The minimum absolute atomic E-state index is 0.103. The number of likely N-dealkylation sites (tertiary alicyclic amines) is 1. The molecule has 0 saturated carbocycles. The van der Waals surface area contributed by atoms with E-state index >= 15 is 0 Å². The molecule has 3 heterocycles. The summed E-state index contributed by atoms with van der Waals surface area (Å²) in [6.07, 6.45) is 2.13. The van der Waals surface area contributed by atoms with Crippen LogP contribution in [0.25, 0.3) is 16.9 Å². The van der Waals surface area contributed by atoms with Crippen LogP contribution in [0.5, 0.6) is 0 Å². The highest BCUT2D eigenvalue weighted by Gasteiger charge is 2.38. The Kier molecular flexibility index (Phi) is 7.44. The fourth-order valence-corrected chi connectivity index (χ4v) is 5.96. The Hall–Kier alpha value is -3.89. The molecule has 1 saturated heterocycles. The molecule has 6 rings (SSSR count). The van der Waals surface area contributed by atoms with Crippen molar-refractivity contribution < 1.29 is 18.3 Å². The van der Waals surface area contributed by atoms with Crippen LogP contribution in [0.4, 0.5) is 14.6 Å². The first-order valence-electron chi connectivity index (χ1n) is 14.1. The number of anilines is 1. The molecule has 2 aromatic carbocycles. The molecule has 41 heavy (non-hydrogen) atoms. The van der Waals surface area contributed by atoms with Crippen molar-refractivity contribution in [1.29, 1.82) is 0 Å². The largest absolute Gasteiger partial charge is 0.371 e. The van der Waals surface area contributed by atoms with Gasteiger partial charge in [-0.3, -0.25) is 14.3 Å². The molecule has 10 heteroatoms. The quantitative estimate of drug-likeness (QED) is 0.293. The van der Waals surface area contributed by atoms with Crippen molar-refractivity contribution in [3.63, 3.8) is 0 Å². The number of nitrogens with two attached hydrogens (primary N) is 1. The predicted molar refractivity (Wildman–Crippen MR) is 154 cm³/mol. The zero-order valence-electron chi connectivity index (χ0n) is 23.1. The fraction of sp³-hybridized carbons (Fsp3) is 0.387. The average Bonchev–Trinajstić information content (AvgIpc) is 3.49. The standard InChI is InChI=1S/C31H34F2N6O2/c1-20-17-24-22(28(34)40)9-5-11-25(24)39(20)30-36-27-23(29(37-30)35-18-21-7-3-2-4-8-21)10-6-12-26(27)41-16-15-38-14-13-31(32,33)19-38/h2-5,7-9,11,17,26H,6,10,12-16,18-19H2,1H3,(H2,34,40)(H,35,36,37). The maximum Gasteiger partial charge on any atom is 0.261 e. The van der Waals surface area contributed by atoms with Crippen molar-refractivity contribution in [2.24, 2.45) is 5.73 Å². The van der Waals surface area contributed by atoms with E-state index in [2.05, 4.69) is 17.4 Å². The highest BCUT2D eigenvalue weighted by atomic mass is 19.3. The maximum absolute atomic E-state index is 13.7. The van der Waals surface area contributed by atoms with E-state index in [-0.39, 0.29) is 19.1 Å². The third-order valence-electron chi connectivity index (χ3n) is 8.00. The number of carbonyl (C=O) groups is 1. The van der Waals surface area contributed by atoms with Gasteiger partial charge in [0, 0.05) is 48.3 Å². The summed E-state index contributed by atoms with van der Waals surface area (Å²) in [5.74, 6) is -1.89. The molecule has 1 atom stereocenters. The Morgan fingerprint density at radius 2 is 2.00 bits per heavy atom. The van der Waals surface area contributed by atoms with Gasteiger partial charge in [0.15, 0.2) is 0 Å². The van der Waals surface area contributed by atoms with Crippen LogP contribution >= 0.6 is 0 Å². The number of fused-ring (bicyclic) bond motifs is 2. The van der Waals surface area contributed by atoms with E-state index in [1.54, 1.807) is 17.0 Å². The van der Waals surface area contributed by atoms with Crippen LogP contribution in [0.1, 0.15) is 58.2 Å². The van der Waals surface area contributed by atoms with Crippen molar-refractivity contribution in [2.45, 2.75) is 51.2 Å². The van der Waals surface area contributed by atoms with Crippen molar-refractivity contribution in [1.82, 2.24) is 19.4 Å². The van der Waals surface area contributed by atoms with Crippen molar-refractivity contribution in [2.75, 3.05) is 31.6 Å². The highest BCUT2D eigenvalue weighted by molar-refractivity contribution is 6.06. The molecule has 1 amide bonds. The number of nitrogens with zero attached hydrogens (tertiary/aromatic N) is 4. The number of alkyl halides is 2. The lowest BCUT2D eigenvalue weighted by Crippen LogP contribution is -2.29. The minimum atomic E-state index is -2.62. The molecule has 2 aliphatic rings. The van der Waals surface area contributed by atoms with Crippen LogP contribution in [-0.4, -0.2) is 57.5 Å². The van der Waals surface area contributed by atoms with Crippen LogP contribution in [0.2, 0.25) is 0 Å². The fourth-order valence-electron chi connectivity index (χ4n) is 5.96. The number of nitrogens with one attached hydrogen (secondary N) is 1. The van der Waals surface area contributed by atoms with Gasteiger partial charge in [-0.2, -0.15) is 4.98 Å². The van der Waals surface area contributed by atoms with E-state index in [1.165, 1.54) is 0 Å². The number of benzene rings is 2. The van der Waals surface area contributed by atoms with E-state index < -0.39 is 11.8 Å². The number of halogens is 2. The van der Waals surface area contributed by atoms with Crippen LogP contribution in [0.15, 0.2) is 54.6 Å². The molecule has 214 valence electrons. The third kappa shape index (κ3) is 5.67. The topological polar surface area (TPSA) is 98.3 Å². The molecular formula is C31H34F2N6O2. The second-order valence-corrected chi connectivity index (χ2v) is 10.9. The molecule has 0 radical (unpaired) electrons. The van der Waals surface area contributed by atoms with Gasteiger partial charge in [-0.15, -0.1) is 0 Å². The Morgan fingerprint density at radius 3 is 2.76 bits per heavy atom. The van der Waals surface area contributed by atoms with Gasteiger partial charge >= 0.3 is 0 Å². The van der Waals surface area contributed by atoms with Gasteiger partial charge in [0.05, 0.1) is 24.4 Å². The van der Waals surface area contributed by atoms with Gasteiger partial charge in [-0.1, -0.05) is 36.4 Å². The summed E-state index contributed by atoms with van der Waals surface area (Å²) in [6, 6.07) is 17.5. The average molecular weight is 561 g/mol. The predicted octanol–water partition coefficient (Wildman–Crippen LogP) is 5.17. The number of primary amides is 1. The Balaban J connectivity index is 1.36. The van der Waals surface area contributed by atoms with Crippen LogP contribution in [-0.2, 0) is 17.7 Å². The summed E-state index contributed by atoms with van der Waals surface area (Å²) in [7, 11) is 0. The summed E-state index contributed by atoms with van der Waals surface area (Å²) in [6.45, 7) is 3.51. The number of hydrogen-bond acceptors (Lipinski definition) is 6. The van der Waals surface area contributed by atoms with E-state index in [9.17, 15) is 13.6 Å². The molecule has 8 nitrogen and oxygen atoms in total. The summed E-state index contributed by atoms with van der Waals surface area (Å²) in [5, 5.41) is 4.28. The Bertz CT molecular complexity index is 1570. The third-order valence-corrected chi connectivity index (χ3v) is 8.00. The number of ether oxygens (including phenoxy) is 1. The molecule has 2 aromatic heterocycles. The number of aryl methyl sites for hydroxylation is 1. The first kappa shape index (κ1) is 27.3. The number of amides is 1. The second kappa shape index (κ2) is 11.2. The van der Waals surface area contributed by atoms with Crippen molar-refractivity contribution in [3.8, 4) is 5.95 Å². The summed E-state index contributed by atoms with van der Waals surface area (Å²) >= 11 is 0. The van der Waals surface area contributed by atoms with Gasteiger partial charge in [-0.05, 0) is 49.9 Å². The highest BCUT2D eigenvalue weighted by Crippen LogP contribution is 2.36.